The molecule has 0 atom stereocenters. The smallest absolute Gasteiger partial charge is 0.266 e. The molecule has 2 aromatic carbocycles. The maximum atomic E-state index is 12.7. The lowest BCUT2D eigenvalue weighted by atomic mass is 10.1. The van der Waals surface area contributed by atoms with Crippen LogP contribution in [-0.2, 0) is 11.2 Å². The van der Waals surface area contributed by atoms with E-state index in [0.717, 1.165) is 24.1 Å². The third kappa shape index (κ3) is 4.54. The second-order valence-electron chi connectivity index (χ2n) is 6.41. The summed E-state index contributed by atoms with van der Waals surface area (Å²) in [6, 6.07) is 18.5. The molecule has 2 aromatic rings. The van der Waals surface area contributed by atoms with Gasteiger partial charge >= 0.3 is 0 Å². The Kier molecular flexibility index (Phi) is 6.12. The minimum absolute atomic E-state index is 0.0183. The number of benzene rings is 2. The molecule has 0 aliphatic carbocycles. The van der Waals surface area contributed by atoms with Crippen molar-refractivity contribution in [2.45, 2.75) is 12.8 Å². The van der Waals surface area contributed by atoms with Crippen molar-refractivity contribution in [3.05, 3.63) is 70.6 Å². The minimum atomic E-state index is 0.0183. The number of thioether (sulfide) groups is 1. The molecular formula is C21H22N2OS2. The van der Waals surface area contributed by atoms with Gasteiger partial charge in [0.15, 0.2) is 0 Å². The zero-order valence-corrected chi connectivity index (χ0v) is 16.6. The first-order valence-electron chi connectivity index (χ1n) is 8.61. The zero-order valence-electron chi connectivity index (χ0n) is 15.0. The van der Waals surface area contributed by atoms with Crippen molar-refractivity contribution < 1.29 is 4.79 Å². The number of anilines is 1. The van der Waals surface area contributed by atoms with Crippen molar-refractivity contribution >= 4 is 46.0 Å². The Morgan fingerprint density at radius 1 is 1.08 bits per heavy atom. The lowest BCUT2D eigenvalue weighted by molar-refractivity contribution is -0.122. The Morgan fingerprint density at radius 3 is 2.42 bits per heavy atom. The van der Waals surface area contributed by atoms with Gasteiger partial charge in [-0.1, -0.05) is 66.4 Å². The quantitative estimate of drug-likeness (QED) is 0.539. The predicted molar refractivity (Wildman–Crippen MR) is 115 cm³/mol. The molecule has 1 aliphatic heterocycles. The Hall–Kier alpha value is -2.11. The lowest BCUT2D eigenvalue weighted by Gasteiger charge is -2.14. The maximum absolute atomic E-state index is 12.7. The van der Waals surface area contributed by atoms with Crippen LogP contribution in [0.3, 0.4) is 0 Å². The molecule has 1 aliphatic rings. The summed E-state index contributed by atoms with van der Waals surface area (Å²) in [6.07, 6.45) is 3.78. The third-order valence-corrected chi connectivity index (χ3v) is 5.65. The van der Waals surface area contributed by atoms with Gasteiger partial charge in [-0.2, -0.15) is 0 Å². The van der Waals surface area contributed by atoms with E-state index in [1.54, 1.807) is 4.90 Å². The van der Waals surface area contributed by atoms with Crippen LogP contribution in [0.1, 0.15) is 17.5 Å². The van der Waals surface area contributed by atoms with Gasteiger partial charge in [-0.3, -0.25) is 9.69 Å². The largest absolute Gasteiger partial charge is 0.378 e. The topological polar surface area (TPSA) is 23.6 Å². The molecule has 26 heavy (non-hydrogen) atoms. The van der Waals surface area contributed by atoms with E-state index >= 15 is 0 Å². The van der Waals surface area contributed by atoms with Gasteiger partial charge in [0.1, 0.15) is 4.32 Å². The van der Waals surface area contributed by atoms with Crippen LogP contribution in [0.4, 0.5) is 5.69 Å². The van der Waals surface area contributed by atoms with Crippen molar-refractivity contribution in [3.8, 4) is 0 Å². The molecule has 134 valence electrons. The summed E-state index contributed by atoms with van der Waals surface area (Å²) >= 11 is 6.81. The van der Waals surface area contributed by atoms with Crippen LogP contribution < -0.4 is 4.90 Å². The molecule has 0 N–H and O–H groups in total. The van der Waals surface area contributed by atoms with E-state index < -0.39 is 0 Å². The summed E-state index contributed by atoms with van der Waals surface area (Å²) in [4.78, 5) is 17.2. The summed E-state index contributed by atoms with van der Waals surface area (Å²) in [7, 11) is 4.02. The van der Waals surface area contributed by atoms with Gasteiger partial charge in [-0.15, -0.1) is 0 Å². The minimum Gasteiger partial charge on any atom is -0.378 e. The number of thiocarbonyl (C=S) groups is 1. The average molecular weight is 383 g/mol. The SMILES string of the molecule is CN(C)c1ccc(/C=C2/SC(=S)N(CCCc3ccccc3)C2=O)cc1. The molecule has 0 spiro atoms. The predicted octanol–water partition coefficient (Wildman–Crippen LogP) is 4.59. The van der Waals surface area contributed by atoms with Gasteiger partial charge in [0, 0.05) is 26.3 Å². The van der Waals surface area contributed by atoms with Gasteiger partial charge in [0.05, 0.1) is 4.91 Å². The molecule has 1 fully saturated rings. The van der Waals surface area contributed by atoms with E-state index in [0.29, 0.717) is 15.8 Å². The zero-order chi connectivity index (χ0) is 18.5. The fourth-order valence-electron chi connectivity index (χ4n) is 2.80. The fourth-order valence-corrected chi connectivity index (χ4v) is 4.11. The molecule has 1 heterocycles. The second kappa shape index (κ2) is 8.52. The molecule has 0 unspecified atom stereocenters. The van der Waals surface area contributed by atoms with Crippen molar-refractivity contribution in [2.24, 2.45) is 0 Å². The van der Waals surface area contributed by atoms with E-state index in [1.807, 2.05) is 62.6 Å². The fraction of sp³-hybridized carbons (Fsp3) is 0.238. The normalized spacial score (nSPS) is 15.8. The highest BCUT2D eigenvalue weighted by Gasteiger charge is 2.31. The van der Waals surface area contributed by atoms with Crippen LogP contribution in [0.25, 0.3) is 6.08 Å². The molecule has 0 radical (unpaired) electrons. The molecule has 5 heteroatoms. The number of carbonyl (C=O) groups excluding carboxylic acids is 1. The number of hydrogen-bond donors (Lipinski definition) is 0. The number of hydrogen-bond acceptors (Lipinski definition) is 4. The van der Waals surface area contributed by atoms with Gasteiger partial charge in [0.2, 0.25) is 0 Å². The highest BCUT2D eigenvalue weighted by atomic mass is 32.2. The number of aryl methyl sites for hydroxylation is 1. The second-order valence-corrected chi connectivity index (χ2v) is 8.08. The summed E-state index contributed by atoms with van der Waals surface area (Å²) < 4.78 is 0.652. The molecule has 1 amide bonds. The van der Waals surface area contributed by atoms with Crippen molar-refractivity contribution in [2.75, 3.05) is 25.5 Å². The van der Waals surface area contributed by atoms with Crippen LogP contribution in [0, 0.1) is 0 Å². The van der Waals surface area contributed by atoms with Gasteiger partial charge < -0.3 is 4.90 Å². The average Bonchev–Trinajstić information content (AvgIpc) is 2.90. The number of amides is 1. The van der Waals surface area contributed by atoms with E-state index in [-0.39, 0.29) is 5.91 Å². The first kappa shape index (κ1) is 18.7. The molecular weight excluding hydrogens is 360 g/mol. The molecule has 0 bridgehead atoms. The summed E-state index contributed by atoms with van der Waals surface area (Å²) in [6.45, 7) is 0.663. The van der Waals surface area contributed by atoms with Crippen LogP contribution >= 0.6 is 24.0 Å². The van der Waals surface area contributed by atoms with Crippen molar-refractivity contribution in [1.29, 1.82) is 0 Å². The maximum Gasteiger partial charge on any atom is 0.266 e. The van der Waals surface area contributed by atoms with Gasteiger partial charge in [-0.25, -0.2) is 0 Å². The molecule has 0 aromatic heterocycles. The van der Waals surface area contributed by atoms with Crippen LogP contribution in [-0.4, -0.2) is 35.8 Å². The van der Waals surface area contributed by atoms with E-state index in [1.165, 1.54) is 17.3 Å². The monoisotopic (exact) mass is 382 g/mol. The summed E-state index contributed by atoms with van der Waals surface area (Å²) in [5.41, 5.74) is 3.44. The van der Waals surface area contributed by atoms with Gasteiger partial charge in [0.25, 0.3) is 5.91 Å². The van der Waals surface area contributed by atoms with E-state index in [4.69, 9.17) is 12.2 Å². The molecule has 3 rings (SSSR count). The van der Waals surface area contributed by atoms with Crippen LogP contribution in [0.2, 0.25) is 0 Å². The summed E-state index contributed by atoms with van der Waals surface area (Å²) in [5, 5.41) is 0. The number of carbonyl (C=O) groups is 1. The highest BCUT2D eigenvalue weighted by Crippen LogP contribution is 2.33. The molecule has 3 nitrogen and oxygen atoms in total. The van der Waals surface area contributed by atoms with Crippen molar-refractivity contribution in [1.82, 2.24) is 4.90 Å². The van der Waals surface area contributed by atoms with E-state index in [9.17, 15) is 4.79 Å². The first-order chi connectivity index (χ1) is 12.5. The Labute approximate surface area is 164 Å². The first-order valence-corrected chi connectivity index (χ1v) is 9.84. The Morgan fingerprint density at radius 2 is 1.77 bits per heavy atom. The Balaban J connectivity index is 1.62. The number of rotatable bonds is 6. The number of nitrogens with zero attached hydrogens (tertiary/aromatic N) is 2. The summed E-state index contributed by atoms with van der Waals surface area (Å²) in [5.74, 6) is 0.0183. The van der Waals surface area contributed by atoms with Crippen LogP contribution in [0.5, 0.6) is 0 Å². The lowest BCUT2D eigenvalue weighted by Crippen LogP contribution is -2.29. The Bertz CT molecular complexity index is 814. The highest BCUT2D eigenvalue weighted by molar-refractivity contribution is 8.26. The van der Waals surface area contributed by atoms with Gasteiger partial charge in [-0.05, 0) is 42.2 Å². The third-order valence-electron chi connectivity index (χ3n) is 4.27. The molecule has 0 saturated carbocycles. The van der Waals surface area contributed by atoms with Crippen LogP contribution in [0.15, 0.2) is 59.5 Å². The van der Waals surface area contributed by atoms with E-state index in [2.05, 4.69) is 17.0 Å². The standard InChI is InChI=1S/C21H22N2OS2/c1-22(2)18-12-10-17(11-13-18)15-19-20(24)23(21(25)26-19)14-6-9-16-7-4-3-5-8-16/h3-5,7-8,10-13,15H,6,9,14H2,1-2H3/b19-15+. The van der Waals surface area contributed by atoms with Crippen molar-refractivity contribution in [3.63, 3.8) is 0 Å². The molecule has 1 saturated heterocycles.